The van der Waals surface area contributed by atoms with Crippen molar-refractivity contribution in [3.05, 3.63) is 36.0 Å². The van der Waals surface area contributed by atoms with Crippen LogP contribution < -0.4 is 10.5 Å². The van der Waals surface area contributed by atoms with Gasteiger partial charge in [-0.3, -0.25) is 4.72 Å². The highest BCUT2D eigenvalue weighted by Crippen LogP contribution is 2.24. The van der Waals surface area contributed by atoms with Gasteiger partial charge in [0.15, 0.2) is 4.90 Å². The van der Waals surface area contributed by atoms with Gasteiger partial charge in [-0.05, 0) is 26.0 Å². The Morgan fingerprint density at radius 2 is 1.86 bits per heavy atom. The van der Waals surface area contributed by atoms with Crippen LogP contribution in [0.2, 0.25) is 0 Å². The second-order valence-corrected chi connectivity index (χ2v) is 6.29. The summed E-state index contributed by atoms with van der Waals surface area (Å²) in [5, 5.41) is 3.93. The molecular formula is C12H14F2N4O2S. The lowest BCUT2D eigenvalue weighted by Gasteiger charge is -2.14. The Bertz CT molecular complexity index is 748. The molecule has 0 saturated carbocycles. The van der Waals surface area contributed by atoms with Gasteiger partial charge in [-0.1, -0.05) is 0 Å². The number of halogens is 2. The van der Waals surface area contributed by atoms with Crippen LogP contribution >= 0.6 is 0 Å². The largest absolute Gasteiger partial charge is 0.399 e. The minimum Gasteiger partial charge on any atom is -0.399 e. The topological polar surface area (TPSA) is 90.0 Å². The third-order valence-corrected chi connectivity index (χ3v) is 4.09. The molecule has 0 saturated heterocycles. The predicted molar refractivity (Wildman–Crippen MR) is 74.2 cm³/mol. The maximum Gasteiger partial charge on any atom is 0.268 e. The van der Waals surface area contributed by atoms with Crippen LogP contribution in [0.4, 0.5) is 20.3 Å². The molecule has 21 heavy (non-hydrogen) atoms. The molecule has 1 aromatic carbocycles. The number of nitrogens with zero attached hydrogens (tertiary/aromatic N) is 2. The number of nitrogens with one attached hydrogen (secondary N) is 1. The molecule has 0 bridgehead atoms. The van der Waals surface area contributed by atoms with Crippen molar-refractivity contribution in [2.24, 2.45) is 0 Å². The van der Waals surface area contributed by atoms with Gasteiger partial charge in [-0.25, -0.2) is 21.9 Å². The summed E-state index contributed by atoms with van der Waals surface area (Å²) >= 11 is 0. The van der Waals surface area contributed by atoms with Gasteiger partial charge in [0.25, 0.3) is 10.0 Å². The highest BCUT2D eigenvalue weighted by Gasteiger charge is 2.26. The molecule has 9 heteroatoms. The monoisotopic (exact) mass is 316 g/mol. The first kappa shape index (κ1) is 15.2. The van der Waals surface area contributed by atoms with Crippen molar-refractivity contribution in [2.75, 3.05) is 10.5 Å². The average molecular weight is 316 g/mol. The molecule has 1 heterocycles. The number of nitrogens with two attached hydrogens (primary N) is 1. The number of anilines is 2. The molecule has 2 rings (SSSR count). The third kappa shape index (κ3) is 2.97. The Morgan fingerprint density at radius 3 is 2.38 bits per heavy atom. The second kappa shape index (κ2) is 5.32. The Balaban J connectivity index is 2.47. The predicted octanol–water partition coefficient (Wildman–Crippen LogP) is 2.13. The van der Waals surface area contributed by atoms with Crippen molar-refractivity contribution in [1.29, 1.82) is 0 Å². The van der Waals surface area contributed by atoms with Crippen LogP contribution in [0.3, 0.4) is 0 Å². The normalized spacial score (nSPS) is 11.9. The first-order valence-electron chi connectivity index (χ1n) is 6.03. The van der Waals surface area contributed by atoms with Crippen LogP contribution in [-0.4, -0.2) is 18.2 Å². The zero-order valence-electron chi connectivity index (χ0n) is 11.3. The van der Waals surface area contributed by atoms with E-state index in [1.165, 1.54) is 16.9 Å². The highest BCUT2D eigenvalue weighted by molar-refractivity contribution is 7.92. The van der Waals surface area contributed by atoms with Gasteiger partial charge < -0.3 is 5.73 Å². The number of hydrogen-bond acceptors (Lipinski definition) is 4. The van der Waals surface area contributed by atoms with Crippen molar-refractivity contribution in [3.8, 4) is 0 Å². The summed E-state index contributed by atoms with van der Waals surface area (Å²) in [4.78, 5) is -1.08. The molecule has 0 spiro atoms. The number of sulfonamides is 1. The van der Waals surface area contributed by atoms with E-state index in [2.05, 4.69) is 9.82 Å². The van der Waals surface area contributed by atoms with E-state index < -0.39 is 26.6 Å². The summed E-state index contributed by atoms with van der Waals surface area (Å²) < 4.78 is 55.3. The number of nitrogen functional groups attached to an aromatic ring is 1. The molecule has 0 unspecified atom stereocenters. The lowest BCUT2D eigenvalue weighted by Crippen LogP contribution is -2.19. The molecule has 1 aromatic heterocycles. The van der Waals surface area contributed by atoms with Crippen LogP contribution in [0, 0.1) is 11.6 Å². The molecule has 0 fully saturated rings. The van der Waals surface area contributed by atoms with Gasteiger partial charge in [0.2, 0.25) is 0 Å². The summed E-state index contributed by atoms with van der Waals surface area (Å²) in [7, 11) is -4.43. The summed E-state index contributed by atoms with van der Waals surface area (Å²) in [6, 6.07) is 2.76. The molecule has 0 aliphatic heterocycles. The maximum atomic E-state index is 13.7. The minimum absolute atomic E-state index is 0.112. The summed E-state index contributed by atoms with van der Waals surface area (Å²) in [5.74, 6) is -2.40. The van der Waals surface area contributed by atoms with E-state index in [0.29, 0.717) is 0 Å². The second-order valence-electron chi connectivity index (χ2n) is 4.67. The number of hydrogen-bond donors (Lipinski definition) is 2. The standard InChI is InChI=1S/C12H14F2N4O2S/c1-7(2)18-11(3-4-16-18)17-21(19,20)12-9(13)5-8(15)6-10(12)14/h3-7,17H,15H2,1-2H3. The third-order valence-electron chi connectivity index (χ3n) is 2.69. The molecule has 3 N–H and O–H groups in total. The van der Waals surface area contributed by atoms with E-state index in [0.717, 1.165) is 12.1 Å². The van der Waals surface area contributed by atoms with Gasteiger partial charge in [0, 0.05) is 17.8 Å². The molecule has 0 amide bonds. The van der Waals surface area contributed by atoms with Crippen LogP contribution in [0.1, 0.15) is 19.9 Å². The van der Waals surface area contributed by atoms with E-state index in [1.54, 1.807) is 13.8 Å². The van der Waals surface area contributed by atoms with E-state index in [-0.39, 0.29) is 17.5 Å². The first-order chi connectivity index (χ1) is 9.72. The summed E-state index contributed by atoms with van der Waals surface area (Å²) in [5.41, 5.74) is 5.06. The quantitative estimate of drug-likeness (QED) is 0.846. The zero-order chi connectivity index (χ0) is 15.8. The van der Waals surface area contributed by atoms with Crippen LogP contribution in [0.5, 0.6) is 0 Å². The maximum absolute atomic E-state index is 13.7. The fourth-order valence-corrected chi connectivity index (χ4v) is 3.00. The summed E-state index contributed by atoms with van der Waals surface area (Å²) in [6.45, 7) is 3.57. The van der Waals surface area contributed by atoms with Crippen molar-refractivity contribution in [1.82, 2.24) is 9.78 Å². The van der Waals surface area contributed by atoms with Crippen molar-refractivity contribution in [3.63, 3.8) is 0 Å². The van der Waals surface area contributed by atoms with Gasteiger partial charge in [0.05, 0.1) is 6.20 Å². The average Bonchev–Trinajstić information content (AvgIpc) is 2.73. The molecule has 0 radical (unpaired) electrons. The van der Waals surface area contributed by atoms with Gasteiger partial charge in [-0.2, -0.15) is 5.10 Å². The zero-order valence-corrected chi connectivity index (χ0v) is 12.2. The van der Waals surface area contributed by atoms with Gasteiger partial charge in [0.1, 0.15) is 17.5 Å². The SMILES string of the molecule is CC(C)n1nccc1NS(=O)(=O)c1c(F)cc(N)cc1F. The van der Waals surface area contributed by atoms with Crippen molar-refractivity contribution in [2.45, 2.75) is 24.8 Å². The van der Waals surface area contributed by atoms with Crippen LogP contribution in [0.25, 0.3) is 0 Å². The lowest BCUT2D eigenvalue weighted by atomic mass is 10.3. The van der Waals surface area contributed by atoms with Gasteiger partial charge >= 0.3 is 0 Å². The number of benzene rings is 1. The van der Waals surface area contributed by atoms with E-state index in [1.807, 2.05) is 0 Å². The molecule has 2 aromatic rings. The Hall–Kier alpha value is -2.16. The first-order valence-corrected chi connectivity index (χ1v) is 7.51. The van der Waals surface area contributed by atoms with Crippen molar-refractivity contribution >= 4 is 21.5 Å². The van der Waals surface area contributed by atoms with E-state index in [4.69, 9.17) is 5.73 Å². The Labute approximate surface area is 120 Å². The van der Waals surface area contributed by atoms with E-state index >= 15 is 0 Å². The number of aromatic nitrogens is 2. The van der Waals surface area contributed by atoms with E-state index in [9.17, 15) is 17.2 Å². The summed E-state index contributed by atoms with van der Waals surface area (Å²) in [6.07, 6.45) is 1.38. The van der Waals surface area contributed by atoms with Crippen molar-refractivity contribution < 1.29 is 17.2 Å². The van der Waals surface area contributed by atoms with Crippen LogP contribution in [0.15, 0.2) is 29.3 Å². The smallest absolute Gasteiger partial charge is 0.268 e. The minimum atomic E-state index is -4.43. The molecule has 0 atom stereocenters. The highest BCUT2D eigenvalue weighted by atomic mass is 32.2. The fourth-order valence-electron chi connectivity index (χ4n) is 1.83. The molecule has 6 nitrogen and oxygen atoms in total. The molecular weight excluding hydrogens is 302 g/mol. The number of rotatable bonds is 4. The fraction of sp³-hybridized carbons (Fsp3) is 0.250. The van der Waals surface area contributed by atoms with Gasteiger partial charge in [-0.15, -0.1) is 0 Å². The molecule has 0 aliphatic carbocycles. The molecule has 114 valence electrons. The lowest BCUT2D eigenvalue weighted by molar-refractivity contribution is 0.520. The van der Waals surface area contributed by atoms with Crippen LogP contribution in [-0.2, 0) is 10.0 Å². The molecule has 0 aliphatic rings. The Kier molecular flexibility index (Phi) is 3.86. The Morgan fingerprint density at radius 1 is 1.29 bits per heavy atom.